The van der Waals surface area contributed by atoms with Crippen LogP contribution in [0.3, 0.4) is 0 Å². The normalized spacial score (nSPS) is 11.3. The van der Waals surface area contributed by atoms with Crippen molar-refractivity contribution in [2.24, 2.45) is 0 Å². The van der Waals surface area contributed by atoms with Crippen LogP contribution in [0.2, 0.25) is 0 Å². The SMILES string of the molecule is Nc1cccc(NCCCCC(F)(F)F)c1[N+](=O)[O-]. The van der Waals surface area contributed by atoms with Crippen molar-refractivity contribution in [3.63, 3.8) is 0 Å². The Morgan fingerprint density at radius 3 is 2.58 bits per heavy atom. The van der Waals surface area contributed by atoms with Gasteiger partial charge in [-0.1, -0.05) is 6.07 Å². The van der Waals surface area contributed by atoms with Crippen molar-refractivity contribution >= 4 is 17.1 Å². The number of rotatable bonds is 6. The lowest BCUT2D eigenvalue weighted by Crippen LogP contribution is -2.09. The van der Waals surface area contributed by atoms with Gasteiger partial charge in [-0.15, -0.1) is 0 Å². The molecule has 0 unspecified atom stereocenters. The molecule has 0 aliphatic carbocycles. The maximum Gasteiger partial charge on any atom is 0.389 e. The summed E-state index contributed by atoms with van der Waals surface area (Å²) < 4.78 is 35.7. The van der Waals surface area contributed by atoms with Crippen LogP contribution in [0.15, 0.2) is 18.2 Å². The molecule has 1 aromatic rings. The summed E-state index contributed by atoms with van der Waals surface area (Å²) in [6, 6.07) is 4.41. The van der Waals surface area contributed by atoms with Crippen LogP contribution < -0.4 is 11.1 Å². The molecule has 0 amide bonds. The predicted octanol–water partition coefficient (Wildman–Crippen LogP) is 3.32. The summed E-state index contributed by atoms with van der Waals surface area (Å²) in [7, 11) is 0. The Morgan fingerprint density at radius 2 is 2.00 bits per heavy atom. The lowest BCUT2D eigenvalue weighted by Gasteiger charge is -2.09. The number of nitrogens with two attached hydrogens (primary N) is 1. The molecule has 0 fully saturated rings. The van der Waals surface area contributed by atoms with Gasteiger partial charge in [0.25, 0.3) is 0 Å². The van der Waals surface area contributed by atoms with Gasteiger partial charge in [0, 0.05) is 13.0 Å². The Balaban J connectivity index is 2.50. The molecule has 0 radical (unpaired) electrons. The molecule has 8 heteroatoms. The van der Waals surface area contributed by atoms with Gasteiger partial charge >= 0.3 is 11.9 Å². The third kappa shape index (κ3) is 5.02. The van der Waals surface area contributed by atoms with E-state index >= 15 is 0 Å². The number of hydrogen-bond donors (Lipinski definition) is 2. The van der Waals surface area contributed by atoms with Crippen LogP contribution >= 0.6 is 0 Å². The average molecular weight is 277 g/mol. The zero-order chi connectivity index (χ0) is 14.5. The molecule has 19 heavy (non-hydrogen) atoms. The van der Waals surface area contributed by atoms with E-state index in [0.717, 1.165) is 0 Å². The fourth-order valence-corrected chi connectivity index (χ4v) is 1.58. The number of alkyl halides is 3. The topological polar surface area (TPSA) is 81.2 Å². The third-order valence-corrected chi connectivity index (χ3v) is 2.45. The van der Waals surface area contributed by atoms with Gasteiger partial charge in [-0.25, -0.2) is 0 Å². The molecule has 1 aromatic carbocycles. The second kappa shape index (κ2) is 6.26. The molecule has 0 saturated heterocycles. The van der Waals surface area contributed by atoms with Crippen molar-refractivity contribution in [2.75, 3.05) is 17.6 Å². The lowest BCUT2D eigenvalue weighted by atomic mass is 10.2. The van der Waals surface area contributed by atoms with Crippen molar-refractivity contribution in [2.45, 2.75) is 25.4 Å². The number of hydrogen-bond acceptors (Lipinski definition) is 4. The first-order chi connectivity index (χ1) is 8.81. The highest BCUT2D eigenvalue weighted by molar-refractivity contribution is 5.74. The molecule has 0 aliphatic heterocycles. The van der Waals surface area contributed by atoms with Crippen LogP contribution in [-0.2, 0) is 0 Å². The number of halogens is 3. The van der Waals surface area contributed by atoms with Gasteiger partial charge in [-0.2, -0.15) is 13.2 Å². The van der Waals surface area contributed by atoms with Gasteiger partial charge in [-0.05, 0) is 25.0 Å². The summed E-state index contributed by atoms with van der Waals surface area (Å²) in [6.45, 7) is 0.223. The molecule has 0 spiro atoms. The summed E-state index contributed by atoms with van der Waals surface area (Å²) in [5, 5.41) is 13.5. The summed E-state index contributed by atoms with van der Waals surface area (Å²) in [5.41, 5.74) is 5.47. The van der Waals surface area contributed by atoms with E-state index in [4.69, 9.17) is 5.73 Å². The van der Waals surface area contributed by atoms with Crippen LogP contribution in [0.5, 0.6) is 0 Å². The monoisotopic (exact) mass is 277 g/mol. The maximum atomic E-state index is 11.9. The molecule has 5 nitrogen and oxygen atoms in total. The number of nitrogens with zero attached hydrogens (tertiary/aromatic N) is 1. The molecule has 0 saturated carbocycles. The summed E-state index contributed by atoms with van der Waals surface area (Å²) in [6.07, 6.45) is -4.77. The minimum Gasteiger partial charge on any atom is -0.393 e. The van der Waals surface area contributed by atoms with Crippen LogP contribution in [0.4, 0.5) is 30.2 Å². The first-order valence-corrected chi connectivity index (χ1v) is 5.65. The van der Waals surface area contributed by atoms with Crippen LogP contribution in [-0.4, -0.2) is 17.6 Å². The van der Waals surface area contributed by atoms with Gasteiger partial charge in [-0.3, -0.25) is 10.1 Å². The van der Waals surface area contributed by atoms with E-state index in [1.807, 2.05) is 0 Å². The number of nitro groups is 1. The molecule has 0 aromatic heterocycles. The molecule has 0 bridgehead atoms. The second-order valence-electron chi connectivity index (χ2n) is 4.00. The zero-order valence-corrected chi connectivity index (χ0v) is 10.0. The minimum absolute atomic E-state index is 0.0188. The highest BCUT2D eigenvalue weighted by Gasteiger charge is 2.25. The number of nitro benzene ring substituents is 1. The van der Waals surface area contributed by atoms with Crippen LogP contribution in [0.1, 0.15) is 19.3 Å². The fraction of sp³-hybridized carbons (Fsp3) is 0.455. The highest BCUT2D eigenvalue weighted by atomic mass is 19.4. The van der Waals surface area contributed by atoms with E-state index in [2.05, 4.69) is 5.32 Å². The van der Waals surface area contributed by atoms with E-state index in [1.54, 1.807) is 6.07 Å². The van der Waals surface area contributed by atoms with E-state index in [0.29, 0.717) is 0 Å². The first-order valence-electron chi connectivity index (χ1n) is 5.65. The second-order valence-corrected chi connectivity index (χ2v) is 4.00. The number of nitrogen functional groups attached to an aromatic ring is 1. The molecule has 1 rings (SSSR count). The number of unbranched alkanes of at least 4 members (excludes halogenated alkanes) is 1. The standard InChI is InChI=1S/C11H14F3N3O2/c12-11(13,14)6-1-2-7-16-9-5-3-4-8(15)10(9)17(18)19/h3-5,16H,1-2,6-7,15H2. The van der Waals surface area contributed by atoms with Gasteiger partial charge < -0.3 is 11.1 Å². The Bertz CT molecular complexity index is 449. The smallest absolute Gasteiger partial charge is 0.389 e. The molecular formula is C11H14F3N3O2. The lowest BCUT2D eigenvalue weighted by molar-refractivity contribution is -0.383. The third-order valence-electron chi connectivity index (χ3n) is 2.45. The van der Waals surface area contributed by atoms with Gasteiger partial charge in [0.15, 0.2) is 0 Å². The molecule has 3 N–H and O–H groups in total. The number of benzene rings is 1. The molecule has 0 atom stereocenters. The van der Waals surface area contributed by atoms with Gasteiger partial charge in [0.2, 0.25) is 0 Å². The largest absolute Gasteiger partial charge is 0.393 e. The summed E-state index contributed by atoms with van der Waals surface area (Å²) >= 11 is 0. The Hall–Kier alpha value is -1.99. The first kappa shape index (κ1) is 15.1. The highest BCUT2D eigenvalue weighted by Crippen LogP contribution is 2.30. The molecule has 106 valence electrons. The van der Waals surface area contributed by atoms with Crippen molar-refractivity contribution in [3.05, 3.63) is 28.3 Å². The molecule has 0 heterocycles. The van der Waals surface area contributed by atoms with Crippen LogP contribution in [0.25, 0.3) is 0 Å². The summed E-state index contributed by atoms with van der Waals surface area (Å²) in [5.74, 6) is 0. The number of nitrogens with one attached hydrogen (secondary N) is 1. The van der Waals surface area contributed by atoms with Crippen molar-refractivity contribution in [1.29, 1.82) is 0 Å². The quantitative estimate of drug-likeness (QED) is 0.362. The maximum absolute atomic E-state index is 11.9. The minimum atomic E-state index is -4.16. The fourth-order valence-electron chi connectivity index (χ4n) is 1.58. The Kier molecular flexibility index (Phi) is 4.96. The van der Waals surface area contributed by atoms with Gasteiger partial charge in [0.05, 0.1) is 4.92 Å². The number of para-hydroxylation sites is 1. The predicted molar refractivity (Wildman–Crippen MR) is 65.9 cm³/mol. The number of anilines is 2. The summed E-state index contributed by atoms with van der Waals surface area (Å²) in [4.78, 5) is 10.2. The van der Waals surface area contributed by atoms with E-state index in [9.17, 15) is 23.3 Å². The van der Waals surface area contributed by atoms with Crippen molar-refractivity contribution in [3.8, 4) is 0 Å². The Labute approximate surface area is 107 Å². The Morgan fingerprint density at radius 1 is 1.32 bits per heavy atom. The van der Waals surface area contributed by atoms with E-state index in [-0.39, 0.29) is 36.4 Å². The zero-order valence-electron chi connectivity index (χ0n) is 10.0. The van der Waals surface area contributed by atoms with Crippen molar-refractivity contribution < 1.29 is 18.1 Å². The van der Waals surface area contributed by atoms with Crippen molar-refractivity contribution in [1.82, 2.24) is 0 Å². The average Bonchev–Trinajstić information content (AvgIpc) is 2.26. The van der Waals surface area contributed by atoms with Gasteiger partial charge in [0.1, 0.15) is 11.4 Å². The van der Waals surface area contributed by atoms with Crippen LogP contribution in [0, 0.1) is 10.1 Å². The molecular weight excluding hydrogens is 263 g/mol. The van der Waals surface area contributed by atoms with E-state index in [1.165, 1.54) is 12.1 Å². The van der Waals surface area contributed by atoms with E-state index < -0.39 is 17.5 Å². The molecule has 0 aliphatic rings.